The number of hydrogen-bond acceptors (Lipinski definition) is 4. The highest BCUT2D eigenvalue weighted by atomic mass is 16.2. The highest BCUT2D eigenvalue weighted by molar-refractivity contribution is 5.74. The number of nitrogens with one attached hydrogen (secondary N) is 1. The molecule has 7 nitrogen and oxygen atoms in total. The van der Waals surface area contributed by atoms with Gasteiger partial charge in [0.15, 0.2) is 11.2 Å². The Kier molecular flexibility index (Phi) is 3.21. The summed E-state index contributed by atoms with van der Waals surface area (Å²) in [5.74, 6) is 1.04. The second-order valence-electron chi connectivity index (χ2n) is 5.30. The van der Waals surface area contributed by atoms with E-state index in [0.29, 0.717) is 29.6 Å². The van der Waals surface area contributed by atoms with E-state index in [4.69, 9.17) is 0 Å². The summed E-state index contributed by atoms with van der Waals surface area (Å²) in [6.07, 6.45) is 0. The molecule has 104 valence electrons. The molecule has 0 saturated carbocycles. The van der Waals surface area contributed by atoms with Gasteiger partial charge in [-0.2, -0.15) is 4.98 Å². The first kappa shape index (κ1) is 13.4. The van der Waals surface area contributed by atoms with Crippen molar-refractivity contribution in [2.75, 3.05) is 19.0 Å². The third-order valence-corrected chi connectivity index (χ3v) is 2.93. The summed E-state index contributed by atoms with van der Waals surface area (Å²) >= 11 is 0. The minimum Gasteiger partial charge on any atom is -0.348 e. The maximum absolute atomic E-state index is 12.0. The van der Waals surface area contributed by atoms with E-state index < -0.39 is 5.69 Å². The third-order valence-electron chi connectivity index (χ3n) is 2.93. The molecule has 0 saturated heterocycles. The molecule has 0 aromatic carbocycles. The van der Waals surface area contributed by atoms with Crippen LogP contribution in [-0.4, -0.2) is 33.2 Å². The molecule has 0 spiro atoms. The second kappa shape index (κ2) is 4.56. The van der Waals surface area contributed by atoms with Gasteiger partial charge in [-0.1, -0.05) is 13.8 Å². The molecule has 0 fully saturated rings. The van der Waals surface area contributed by atoms with E-state index in [1.54, 1.807) is 7.05 Å². The number of H-pyrrole nitrogens is 1. The van der Waals surface area contributed by atoms with Crippen LogP contribution in [-0.2, 0) is 13.6 Å². The van der Waals surface area contributed by atoms with Crippen molar-refractivity contribution in [2.24, 2.45) is 13.0 Å². The van der Waals surface area contributed by atoms with Gasteiger partial charge in [0.1, 0.15) is 0 Å². The quantitative estimate of drug-likeness (QED) is 0.857. The molecule has 0 unspecified atom stereocenters. The average Bonchev–Trinajstić information content (AvgIpc) is 2.65. The maximum Gasteiger partial charge on any atom is 0.329 e. The average molecular weight is 265 g/mol. The summed E-state index contributed by atoms with van der Waals surface area (Å²) in [4.78, 5) is 32.2. The molecule has 0 aliphatic rings. The van der Waals surface area contributed by atoms with E-state index in [1.165, 1.54) is 4.57 Å². The monoisotopic (exact) mass is 265 g/mol. The topological polar surface area (TPSA) is 75.9 Å². The van der Waals surface area contributed by atoms with Crippen LogP contribution in [0.25, 0.3) is 11.2 Å². The number of aromatic nitrogens is 4. The van der Waals surface area contributed by atoms with Crippen molar-refractivity contribution in [3.05, 3.63) is 20.8 Å². The molecule has 0 bridgehead atoms. The van der Waals surface area contributed by atoms with Crippen molar-refractivity contribution >= 4 is 17.1 Å². The standard InChI is InChI=1S/C12H19N5O2/c1-7(2)6-17-8-9(13-11(17)15(3)4)16(5)12(19)14-10(8)18/h7H,6H2,1-5H3,(H,14,18,19). The number of hydrogen-bond donors (Lipinski definition) is 1. The van der Waals surface area contributed by atoms with Crippen molar-refractivity contribution in [1.29, 1.82) is 0 Å². The van der Waals surface area contributed by atoms with E-state index in [0.717, 1.165) is 0 Å². The molecule has 0 atom stereocenters. The lowest BCUT2D eigenvalue weighted by molar-refractivity contribution is 0.531. The molecule has 0 aliphatic heterocycles. The summed E-state index contributed by atoms with van der Waals surface area (Å²) in [5.41, 5.74) is 0.0222. The van der Waals surface area contributed by atoms with Crippen LogP contribution in [0.3, 0.4) is 0 Å². The Bertz CT molecular complexity index is 720. The van der Waals surface area contributed by atoms with Gasteiger partial charge >= 0.3 is 5.69 Å². The van der Waals surface area contributed by atoms with Crippen LogP contribution in [0.4, 0.5) is 5.95 Å². The van der Waals surface area contributed by atoms with Gasteiger partial charge in [-0.3, -0.25) is 14.3 Å². The number of nitrogens with zero attached hydrogens (tertiary/aromatic N) is 4. The summed E-state index contributed by atoms with van der Waals surface area (Å²) in [6, 6.07) is 0. The molecule has 2 rings (SSSR count). The Labute approximate surface area is 110 Å². The fraction of sp³-hybridized carbons (Fsp3) is 0.583. The fourth-order valence-corrected chi connectivity index (χ4v) is 2.10. The number of anilines is 1. The maximum atomic E-state index is 12.0. The molecule has 0 amide bonds. The Morgan fingerprint density at radius 3 is 2.47 bits per heavy atom. The highest BCUT2D eigenvalue weighted by Gasteiger charge is 2.18. The van der Waals surface area contributed by atoms with Crippen LogP contribution in [0, 0.1) is 5.92 Å². The van der Waals surface area contributed by atoms with Gasteiger partial charge < -0.3 is 9.47 Å². The first-order valence-electron chi connectivity index (χ1n) is 6.19. The zero-order chi connectivity index (χ0) is 14.3. The Morgan fingerprint density at radius 1 is 1.32 bits per heavy atom. The lowest BCUT2D eigenvalue weighted by atomic mass is 10.2. The number of aromatic amines is 1. The first-order chi connectivity index (χ1) is 8.82. The van der Waals surface area contributed by atoms with Crippen molar-refractivity contribution < 1.29 is 0 Å². The van der Waals surface area contributed by atoms with E-state index in [2.05, 4.69) is 23.8 Å². The van der Waals surface area contributed by atoms with Gasteiger partial charge in [-0.25, -0.2) is 4.79 Å². The first-order valence-corrected chi connectivity index (χ1v) is 6.19. The summed E-state index contributed by atoms with van der Waals surface area (Å²) in [7, 11) is 5.33. The molecule has 19 heavy (non-hydrogen) atoms. The predicted octanol–water partition coefficient (Wildman–Crippen LogP) is 0.145. The normalized spacial score (nSPS) is 11.5. The predicted molar refractivity (Wildman–Crippen MR) is 74.8 cm³/mol. The molecule has 0 radical (unpaired) electrons. The van der Waals surface area contributed by atoms with E-state index in [9.17, 15) is 9.59 Å². The molecule has 2 aromatic heterocycles. The Balaban J connectivity index is 2.90. The summed E-state index contributed by atoms with van der Waals surface area (Å²) in [5, 5.41) is 0. The third kappa shape index (κ3) is 2.16. The molecule has 2 heterocycles. The van der Waals surface area contributed by atoms with Gasteiger partial charge in [-0.15, -0.1) is 0 Å². The molecule has 0 aliphatic carbocycles. The van der Waals surface area contributed by atoms with Crippen LogP contribution in [0.15, 0.2) is 9.59 Å². The van der Waals surface area contributed by atoms with Crippen molar-refractivity contribution in [3.8, 4) is 0 Å². The zero-order valence-electron chi connectivity index (χ0n) is 11.9. The van der Waals surface area contributed by atoms with E-state index >= 15 is 0 Å². The van der Waals surface area contributed by atoms with E-state index in [1.807, 2.05) is 23.6 Å². The van der Waals surface area contributed by atoms with Crippen LogP contribution < -0.4 is 16.1 Å². The second-order valence-corrected chi connectivity index (χ2v) is 5.30. The smallest absolute Gasteiger partial charge is 0.329 e. The van der Waals surface area contributed by atoms with Crippen LogP contribution in [0.1, 0.15) is 13.8 Å². The Hall–Kier alpha value is -2.05. The lowest BCUT2D eigenvalue weighted by Gasteiger charge is -2.15. The van der Waals surface area contributed by atoms with E-state index in [-0.39, 0.29) is 5.56 Å². The number of aryl methyl sites for hydroxylation is 1. The van der Waals surface area contributed by atoms with Crippen LogP contribution >= 0.6 is 0 Å². The van der Waals surface area contributed by atoms with Gasteiger partial charge in [0.05, 0.1) is 0 Å². The van der Waals surface area contributed by atoms with Crippen LogP contribution in [0.2, 0.25) is 0 Å². The Morgan fingerprint density at radius 2 is 1.95 bits per heavy atom. The van der Waals surface area contributed by atoms with Crippen LogP contribution in [0.5, 0.6) is 0 Å². The minimum atomic E-state index is -0.447. The van der Waals surface area contributed by atoms with Gasteiger partial charge in [-0.05, 0) is 5.92 Å². The fourth-order valence-electron chi connectivity index (χ4n) is 2.10. The summed E-state index contributed by atoms with van der Waals surface area (Å²) < 4.78 is 3.22. The van der Waals surface area contributed by atoms with Crippen molar-refractivity contribution in [1.82, 2.24) is 19.1 Å². The van der Waals surface area contributed by atoms with Gasteiger partial charge in [0.2, 0.25) is 5.95 Å². The minimum absolute atomic E-state index is 0.368. The number of fused-ring (bicyclic) bond motifs is 1. The van der Waals surface area contributed by atoms with Crippen molar-refractivity contribution in [3.63, 3.8) is 0 Å². The summed E-state index contributed by atoms with van der Waals surface area (Å²) in [6.45, 7) is 4.81. The van der Waals surface area contributed by atoms with Crippen molar-refractivity contribution in [2.45, 2.75) is 20.4 Å². The number of imidazole rings is 1. The number of rotatable bonds is 3. The molecule has 7 heteroatoms. The zero-order valence-corrected chi connectivity index (χ0v) is 11.9. The SMILES string of the molecule is CC(C)Cn1c(N(C)C)nc2c1c(=O)[nH]c(=O)n2C. The molecular formula is C12H19N5O2. The molecule has 1 N–H and O–H groups in total. The van der Waals surface area contributed by atoms with Gasteiger partial charge in [0, 0.05) is 27.7 Å². The lowest BCUT2D eigenvalue weighted by Crippen LogP contribution is -2.29. The highest BCUT2D eigenvalue weighted by Crippen LogP contribution is 2.18. The van der Waals surface area contributed by atoms with Gasteiger partial charge in [0.25, 0.3) is 5.56 Å². The molecule has 2 aromatic rings. The largest absolute Gasteiger partial charge is 0.348 e. The molecular weight excluding hydrogens is 246 g/mol.